The number of hydrogen-bond acceptors (Lipinski definition) is 6. The number of fused-ring (bicyclic) bond motifs is 1. The number of hydrogen-bond donors (Lipinski definition) is 3. The fourth-order valence-electron chi connectivity index (χ4n) is 5.82. The van der Waals surface area contributed by atoms with E-state index in [1.807, 2.05) is 37.3 Å². The highest BCUT2D eigenvalue weighted by atomic mass is 32.1. The zero-order chi connectivity index (χ0) is 32.4. The van der Waals surface area contributed by atoms with Crippen molar-refractivity contribution in [2.24, 2.45) is 0 Å². The van der Waals surface area contributed by atoms with E-state index >= 15 is 0 Å². The Morgan fingerprint density at radius 3 is 2.60 bits per heavy atom. The van der Waals surface area contributed by atoms with E-state index in [-0.39, 0.29) is 28.2 Å². The van der Waals surface area contributed by atoms with Gasteiger partial charge in [0.2, 0.25) is 11.8 Å². The largest absolute Gasteiger partial charge is 0.399 e. The number of carbonyl (C=O) groups excluding carboxylic acids is 3. The zero-order valence-corrected chi connectivity index (χ0v) is 26.4. The first-order chi connectivity index (χ1) is 21.4. The van der Waals surface area contributed by atoms with Crippen LogP contribution in [0, 0.1) is 0 Å². The van der Waals surface area contributed by atoms with Crippen molar-refractivity contribution < 1.29 is 42.3 Å². The number of carbonyl (C=O) groups is 3. The molecule has 5 rings (SSSR count). The maximum Gasteiger partial charge on any atom is 0.399 e. The lowest BCUT2D eigenvalue weighted by Gasteiger charge is -2.37. The quantitative estimate of drug-likeness (QED) is 0.260. The van der Waals surface area contributed by atoms with Gasteiger partial charge in [-0.25, -0.2) is 0 Å². The molecule has 2 saturated heterocycles. The number of morpholine rings is 1. The molecule has 14 heteroatoms. The summed E-state index contributed by atoms with van der Waals surface area (Å²) in [6.07, 6.45) is 2.70. The van der Waals surface area contributed by atoms with Gasteiger partial charge in [-0.3, -0.25) is 18.9 Å². The molecule has 3 atom stereocenters. The molecule has 10 nitrogen and oxygen atoms in total. The van der Waals surface area contributed by atoms with Crippen LogP contribution in [0.1, 0.15) is 65.9 Å². The van der Waals surface area contributed by atoms with Crippen molar-refractivity contribution in [2.45, 2.75) is 62.9 Å². The molecule has 2 aromatic carbocycles. The average molecular weight is 664 g/mol. The lowest BCUT2D eigenvalue weighted by molar-refractivity contribution is -0.149. The summed E-state index contributed by atoms with van der Waals surface area (Å²) < 4.78 is 46.3. The Morgan fingerprint density at radius 1 is 1.13 bits per heavy atom. The summed E-state index contributed by atoms with van der Waals surface area (Å²) in [6, 6.07) is 12.6. The number of unbranched alkanes of at least 4 members (excludes halogenated alkanes) is 1. The maximum absolute atomic E-state index is 14.3. The van der Waals surface area contributed by atoms with Crippen LogP contribution in [0.25, 0.3) is 10.1 Å². The molecule has 2 aliphatic rings. The van der Waals surface area contributed by atoms with Crippen LogP contribution in [0.3, 0.4) is 0 Å². The Hall–Kier alpha value is -3.22. The van der Waals surface area contributed by atoms with E-state index in [1.165, 1.54) is 12.1 Å². The average Bonchev–Trinajstić information content (AvgIpc) is 3.70. The van der Waals surface area contributed by atoms with Crippen molar-refractivity contribution in [3.63, 3.8) is 0 Å². The number of likely N-dealkylation sites (tertiary alicyclic amines) is 1. The summed E-state index contributed by atoms with van der Waals surface area (Å²) >= 11 is 1.02. The van der Waals surface area contributed by atoms with Gasteiger partial charge in [-0.05, 0) is 48.4 Å². The van der Waals surface area contributed by atoms with Crippen molar-refractivity contribution in [2.75, 3.05) is 26.2 Å². The second-order valence-electron chi connectivity index (χ2n) is 11.4. The fraction of sp³-hybridized carbons (Fsp3) is 0.452. The molecule has 0 aliphatic carbocycles. The smallest absolute Gasteiger partial charge is 0.370 e. The lowest BCUT2D eigenvalue weighted by Crippen LogP contribution is -2.55. The summed E-state index contributed by atoms with van der Waals surface area (Å²) in [5.74, 6) is -1.06. The Balaban J connectivity index is 1.30. The molecule has 242 valence electrons. The molecule has 3 aromatic rings. The minimum absolute atomic E-state index is 0.141. The minimum Gasteiger partial charge on any atom is -0.370 e. The molecule has 0 bridgehead atoms. The molecular weight excluding hydrogens is 627 g/mol. The summed E-state index contributed by atoms with van der Waals surface area (Å²) in [5.41, 5.74) is -4.26. The number of halogens is 2. The number of amides is 3. The van der Waals surface area contributed by atoms with Crippen LogP contribution < -0.4 is 5.32 Å². The first-order valence-corrected chi connectivity index (χ1v) is 17.4. The van der Waals surface area contributed by atoms with Crippen LogP contribution in [0.4, 0.5) is 8.78 Å². The number of benzene rings is 2. The van der Waals surface area contributed by atoms with E-state index in [0.717, 1.165) is 35.5 Å². The van der Waals surface area contributed by atoms with Crippen LogP contribution in [0.5, 0.6) is 0 Å². The van der Waals surface area contributed by atoms with Crippen LogP contribution in [0.2, 0.25) is 0 Å². The van der Waals surface area contributed by atoms with Gasteiger partial charge in [0.05, 0.1) is 18.0 Å². The van der Waals surface area contributed by atoms with E-state index in [0.29, 0.717) is 56.6 Å². The van der Waals surface area contributed by atoms with Gasteiger partial charge in [0.1, 0.15) is 18.2 Å². The second-order valence-corrected chi connectivity index (χ2v) is 14.1. The highest BCUT2D eigenvalue weighted by molar-refractivity contribution is 7.52. The van der Waals surface area contributed by atoms with Crippen LogP contribution in [0.15, 0.2) is 54.6 Å². The number of thiophene rings is 1. The normalized spacial score (nSPS) is 19.9. The summed E-state index contributed by atoms with van der Waals surface area (Å²) in [7, 11) is -5.76. The third kappa shape index (κ3) is 7.12. The van der Waals surface area contributed by atoms with Gasteiger partial charge >= 0.3 is 13.3 Å². The molecular formula is C31H36F2N3O7PS. The second kappa shape index (κ2) is 13.6. The third-order valence-electron chi connectivity index (χ3n) is 8.27. The zero-order valence-electron chi connectivity index (χ0n) is 24.7. The number of alkyl halides is 2. The van der Waals surface area contributed by atoms with Gasteiger partial charge in [-0.1, -0.05) is 56.2 Å². The van der Waals surface area contributed by atoms with Gasteiger partial charge in [0.15, 0.2) is 0 Å². The summed E-state index contributed by atoms with van der Waals surface area (Å²) in [6.45, 7) is 3.54. The number of rotatable bonds is 10. The first-order valence-electron chi connectivity index (χ1n) is 14.9. The van der Waals surface area contributed by atoms with Crippen molar-refractivity contribution in [1.29, 1.82) is 0 Å². The van der Waals surface area contributed by atoms with Gasteiger partial charge in [0.25, 0.3) is 5.91 Å². The van der Waals surface area contributed by atoms with Crippen molar-refractivity contribution in [3.8, 4) is 0 Å². The standard InChI is InChI=1S/C31H36F2N3O7PS/c1-2-3-10-23(34-28(37)27-18-21-17-22(12-13-26(21)45-27)31(32,33)44(40,41)42)29(38)36-14-7-11-24(36)30(39)35-15-16-43-25(19-35)20-8-5-4-6-9-20/h4-6,8-9,12-13,17-18,23-25H,2-3,7,10-11,14-16,19H2,1H3,(H,34,37)(H2,40,41,42)/t23?,24-,25-/m0/s1. The molecule has 45 heavy (non-hydrogen) atoms. The van der Waals surface area contributed by atoms with Crippen molar-refractivity contribution in [1.82, 2.24) is 15.1 Å². The van der Waals surface area contributed by atoms with Crippen molar-refractivity contribution >= 4 is 46.7 Å². The monoisotopic (exact) mass is 663 g/mol. The molecule has 2 aliphatic heterocycles. The number of ether oxygens (including phenoxy) is 1. The Bertz CT molecular complexity index is 1600. The predicted molar refractivity (Wildman–Crippen MR) is 165 cm³/mol. The molecule has 1 aromatic heterocycles. The highest BCUT2D eigenvalue weighted by Gasteiger charge is 2.50. The molecule has 0 radical (unpaired) electrons. The third-order valence-corrected chi connectivity index (χ3v) is 10.4. The molecule has 1 unspecified atom stereocenters. The van der Waals surface area contributed by atoms with Gasteiger partial charge in [0, 0.05) is 23.4 Å². The highest BCUT2D eigenvalue weighted by Crippen LogP contribution is 2.59. The van der Waals surface area contributed by atoms with Crippen LogP contribution >= 0.6 is 18.9 Å². The van der Waals surface area contributed by atoms with Gasteiger partial charge in [-0.15, -0.1) is 11.3 Å². The number of nitrogens with zero attached hydrogens (tertiary/aromatic N) is 2. The summed E-state index contributed by atoms with van der Waals surface area (Å²) in [5, 5.41) is 3.02. The Morgan fingerprint density at radius 2 is 1.89 bits per heavy atom. The van der Waals surface area contributed by atoms with Crippen molar-refractivity contribution in [3.05, 3.63) is 70.6 Å². The summed E-state index contributed by atoms with van der Waals surface area (Å²) in [4.78, 5) is 62.6. The van der Waals surface area contributed by atoms with E-state index in [1.54, 1.807) is 9.80 Å². The van der Waals surface area contributed by atoms with Gasteiger partial charge in [-0.2, -0.15) is 8.78 Å². The minimum atomic E-state index is -5.76. The van der Waals surface area contributed by atoms with Crippen LogP contribution in [-0.4, -0.2) is 75.6 Å². The first kappa shape index (κ1) is 33.2. The molecule has 3 amide bonds. The van der Waals surface area contributed by atoms with E-state index in [4.69, 9.17) is 14.5 Å². The van der Waals surface area contributed by atoms with Gasteiger partial charge < -0.3 is 29.6 Å². The van der Waals surface area contributed by atoms with E-state index < -0.39 is 36.8 Å². The molecule has 0 spiro atoms. The van der Waals surface area contributed by atoms with Crippen LogP contribution in [-0.2, 0) is 24.6 Å². The Kier molecular flexibility index (Phi) is 10.0. The lowest BCUT2D eigenvalue weighted by atomic mass is 10.1. The van der Waals surface area contributed by atoms with E-state index in [2.05, 4.69) is 5.32 Å². The fourth-order valence-corrected chi connectivity index (χ4v) is 7.24. The topological polar surface area (TPSA) is 136 Å². The molecule has 3 N–H and O–H groups in total. The SMILES string of the molecule is CCCCC(NC(=O)c1cc2cc(C(F)(F)P(=O)(O)O)ccc2s1)C(=O)N1CCC[C@H]1C(=O)N1CCO[C@H](c2ccccc2)C1. The maximum atomic E-state index is 14.3. The van der Waals surface area contributed by atoms with E-state index in [9.17, 15) is 27.7 Å². The molecule has 3 heterocycles. The predicted octanol–water partition coefficient (Wildman–Crippen LogP) is 5.01. The molecule has 0 saturated carbocycles. The Labute approximate surface area is 263 Å². The molecule has 2 fully saturated rings. The number of nitrogens with one attached hydrogen (secondary N) is 1.